The first kappa shape index (κ1) is 16.3. The first-order valence-corrected chi connectivity index (χ1v) is 7.28. The Morgan fingerprint density at radius 1 is 1.12 bits per heavy atom. The lowest BCUT2D eigenvalue weighted by molar-refractivity contribution is -0.384. The summed E-state index contributed by atoms with van der Waals surface area (Å²) in [5.41, 5.74) is 0.685. The van der Waals surface area contributed by atoms with Crippen LogP contribution in [0.2, 0.25) is 0 Å². The minimum atomic E-state index is -0.651. The maximum Gasteiger partial charge on any atom is 0.329 e. The number of carbonyl (C=O) groups is 2. The Kier molecular flexibility index (Phi) is 4.25. The number of nitrogens with zero attached hydrogens (tertiary/aromatic N) is 2. The van der Waals surface area contributed by atoms with Crippen molar-refractivity contribution in [2.45, 2.75) is 6.54 Å². The number of nitro groups is 1. The average molecular weight is 341 g/mol. The van der Waals surface area contributed by atoms with Gasteiger partial charge in [0, 0.05) is 17.7 Å². The molecule has 1 aliphatic heterocycles. The quantitative estimate of drug-likeness (QED) is 0.400. The van der Waals surface area contributed by atoms with Gasteiger partial charge in [-0.15, -0.1) is 0 Å². The number of carbonyl (C=O) groups excluding carboxylic acids is 2. The van der Waals surface area contributed by atoms with E-state index in [1.54, 1.807) is 6.07 Å². The Balaban J connectivity index is 1.81. The van der Waals surface area contributed by atoms with Crippen LogP contribution in [0.4, 0.5) is 14.9 Å². The molecule has 0 saturated carbocycles. The fourth-order valence-corrected chi connectivity index (χ4v) is 2.37. The van der Waals surface area contributed by atoms with Gasteiger partial charge in [0.15, 0.2) is 0 Å². The van der Waals surface area contributed by atoms with E-state index in [1.165, 1.54) is 48.5 Å². The van der Waals surface area contributed by atoms with Crippen molar-refractivity contribution in [3.8, 4) is 0 Å². The van der Waals surface area contributed by atoms with E-state index in [4.69, 9.17) is 0 Å². The molecule has 0 spiro atoms. The molecule has 0 atom stereocenters. The molecule has 1 heterocycles. The van der Waals surface area contributed by atoms with Crippen LogP contribution in [0, 0.1) is 15.9 Å². The van der Waals surface area contributed by atoms with Crippen molar-refractivity contribution < 1.29 is 18.9 Å². The number of amides is 3. The average Bonchev–Trinajstić information content (AvgIpc) is 2.85. The number of halogens is 1. The molecule has 7 nitrogen and oxygen atoms in total. The summed E-state index contributed by atoms with van der Waals surface area (Å²) >= 11 is 0. The molecule has 0 bridgehead atoms. The highest BCUT2D eigenvalue weighted by Gasteiger charge is 2.33. The zero-order valence-corrected chi connectivity index (χ0v) is 12.8. The molecule has 1 N–H and O–H groups in total. The van der Waals surface area contributed by atoms with Gasteiger partial charge in [-0.1, -0.05) is 18.2 Å². The van der Waals surface area contributed by atoms with Gasteiger partial charge in [0.2, 0.25) is 0 Å². The topological polar surface area (TPSA) is 92.5 Å². The van der Waals surface area contributed by atoms with Gasteiger partial charge >= 0.3 is 6.03 Å². The number of hydrogen-bond donors (Lipinski definition) is 1. The zero-order chi connectivity index (χ0) is 18.0. The van der Waals surface area contributed by atoms with E-state index in [0.717, 1.165) is 4.90 Å². The Bertz CT molecular complexity index is 893. The van der Waals surface area contributed by atoms with Crippen molar-refractivity contribution >= 4 is 23.7 Å². The summed E-state index contributed by atoms with van der Waals surface area (Å²) in [4.78, 5) is 35.3. The van der Waals surface area contributed by atoms with E-state index >= 15 is 0 Å². The van der Waals surface area contributed by atoms with Crippen LogP contribution >= 0.6 is 0 Å². The maximum absolute atomic E-state index is 13.7. The van der Waals surface area contributed by atoms with Crippen molar-refractivity contribution in [2.24, 2.45) is 0 Å². The number of nitro benzene ring substituents is 1. The minimum Gasteiger partial charge on any atom is -0.303 e. The Morgan fingerprint density at radius 2 is 1.80 bits per heavy atom. The second kappa shape index (κ2) is 6.52. The van der Waals surface area contributed by atoms with Gasteiger partial charge in [-0.3, -0.25) is 19.8 Å². The molecule has 0 aromatic heterocycles. The van der Waals surface area contributed by atoms with E-state index in [2.05, 4.69) is 5.32 Å². The summed E-state index contributed by atoms with van der Waals surface area (Å²) in [6, 6.07) is 10.7. The van der Waals surface area contributed by atoms with Crippen LogP contribution in [-0.2, 0) is 11.3 Å². The van der Waals surface area contributed by atoms with Gasteiger partial charge < -0.3 is 5.32 Å². The molecule has 0 unspecified atom stereocenters. The number of hydrogen-bond acceptors (Lipinski definition) is 4. The lowest BCUT2D eigenvalue weighted by atomic mass is 10.1. The van der Waals surface area contributed by atoms with Crippen LogP contribution < -0.4 is 5.32 Å². The van der Waals surface area contributed by atoms with E-state index in [-0.39, 0.29) is 23.5 Å². The van der Waals surface area contributed by atoms with Crippen LogP contribution in [0.1, 0.15) is 11.1 Å². The van der Waals surface area contributed by atoms with E-state index in [1.807, 2.05) is 0 Å². The SMILES string of the molecule is O=C1N/C(=C/c2ccc([N+](=O)[O-])cc2)C(=O)N1Cc1ccccc1F. The molecule has 25 heavy (non-hydrogen) atoms. The van der Waals surface area contributed by atoms with Gasteiger partial charge in [-0.2, -0.15) is 0 Å². The fraction of sp³-hybridized carbons (Fsp3) is 0.0588. The largest absolute Gasteiger partial charge is 0.329 e. The Labute approximate surface area is 141 Å². The number of urea groups is 1. The second-order valence-corrected chi connectivity index (χ2v) is 5.32. The lowest BCUT2D eigenvalue weighted by Gasteiger charge is -2.12. The minimum absolute atomic E-state index is 0.0233. The van der Waals surface area contributed by atoms with Crippen molar-refractivity contribution in [3.63, 3.8) is 0 Å². The van der Waals surface area contributed by atoms with Gasteiger partial charge in [-0.25, -0.2) is 9.18 Å². The zero-order valence-electron chi connectivity index (χ0n) is 12.8. The fourth-order valence-electron chi connectivity index (χ4n) is 2.37. The van der Waals surface area contributed by atoms with Crippen LogP contribution in [0.5, 0.6) is 0 Å². The molecule has 1 aliphatic rings. The van der Waals surface area contributed by atoms with Gasteiger partial charge in [0.1, 0.15) is 11.5 Å². The maximum atomic E-state index is 13.7. The van der Waals surface area contributed by atoms with Gasteiger partial charge in [0.25, 0.3) is 11.6 Å². The summed E-state index contributed by atoms with van der Waals surface area (Å²) in [5.74, 6) is -1.09. The third kappa shape index (κ3) is 3.37. The molecule has 1 fully saturated rings. The molecule has 0 radical (unpaired) electrons. The monoisotopic (exact) mass is 341 g/mol. The van der Waals surface area contributed by atoms with Crippen molar-refractivity contribution in [1.29, 1.82) is 0 Å². The van der Waals surface area contributed by atoms with Gasteiger partial charge in [-0.05, 0) is 29.8 Å². The molecule has 0 aliphatic carbocycles. The predicted molar refractivity (Wildman–Crippen MR) is 86.6 cm³/mol. The number of imide groups is 1. The first-order valence-electron chi connectivity index (χ1n) is 7.28. The molecule has 2 aromatic carbocycles. The molecular weight excluding hydrogens is 329 g/mol. The summed E-state index contributed by atoms with van der Waals surface area (Å²) < 4.78 is 13.7. The van der Waals surface area contributed by atoms with E-state index in [0.29, 0.717) is 5.56 Å². The standard InChI is InChI=1S/C17H12FN3O4/c18-14-4-2-1-3-12(14)10-20-16(22)15(19-17(20)23)9-11-5-7-13(8-6-11)21(24)25/h1-9H,10H2,(H,19,23)/b15-9+. The summed E-state index contributed by atoms with van der Waals surface area (Å²) in [6.45, 7) is -0.186. The van der Waals surface area contributed by atoms with Gasteiger partial charge in [0.05, 0.1) is 11.5 Å². The first-order chi connectivity index (χ1) is 12.0. The summed E-state index contributed by atoms with van der Waals surface area (Å²) in [6.07, 6.45) is 1.41. The van der Waals surface area contributed by atoms with Crippen LogP contribution in [0.15, 0.2) is 54.2 Å². The Hall–Kier alpha value is -3.55. The number of rotatable bonds is 4. The third-order valence-corrected chi connectivity index (χ3v) is 3.66. The highest BCUT2D eigenvalue weighted by molar-refractivity contribution is 6.13. The Morgan fingerprint density at radius 3 is 2.44 bits per heavy atom. The normalized spacial score (nSPS) is 15.6. The smallest absolute Gasteiger partial charge is 0.303 e. The third-order valence-electron chi connectivity index (χ3n) is 3.66. The highest BCUT2D eigenvalue weighted by Crippen LogP contribution is 2.19. The van der Waals surface area contributed by atoms with Crippen molar-refractivity contribution in [1.82, 2.24) is 10.2 Å². The lowest BCUT2D eigenvalue weighted by Crippen LogP contribution is -2.30. The molecule has 3 amide bonds. The second-order valence-electron chi connectivity index (χ2n) is 5.32. The molecule has 3 rings (SSSR count). The molecule has 2 aromatic rings. The predicted octanol–water partition coefficient (Wildman–Crippen LogP) is 2.83. The molecular formula is C17H12FN3O4. The van der Waals surface area contributed by atoms with Crippen molar-refractivity contribution in [3.05, 3.63) is 81.3 Å². The molecule has 8 heteroatoms. The van der Waals surface area contributed by atoms with Crippen molar-refractivity contribution in [2.75, 3.05) is 0 Å². The van der Waals surface area contributed by atoms with Crippen LogP contribution in [-0.4, -0.2) is 21.8 Å². The van der Waals surface area contributed by atoms with E-state index < -0.39 is 22.7 Å². The number of nitrogens with one attached hydrogen (secondary N) is 1. The summed E-state index contributed by atoms with van der Waals surface area (Å²) in [7, 11) is 0. The summed E-state index contributed by atoms with van der Waals surface area (Å²) in [5, 5.41) is 13.1. The van der Waals surface area contributed by atoms with Crippen LogP contribution in [0.3, 0.4) is 0 Å². The molecule has 126 valence electrons. The number of non-ortho nitro benzene ring substituents is 1. The highest BCUT2D eigenvalue weighted by atomic mass is 19.1. The molecule has 1 saturated heterocycles. The van der Waals surface area contributed by atoms with E-state index in [9.17, 15) is 24.1 Å². The number of benzene rings is 2. The van der Waals surface area contributed by atoms with Crippen LogP contribution in [0.25, 0.3) is 6.08 Å².